The Labute approximate surface area is 75.4 Å². The molecule has 0 bridgehead atoms. The predicted molar refractivity (Wildman–Crippen MR) is 47.5 cm³/mol. The zero-order chi connectivity index (χ0) is 9.84. The highest BCUT2D eigenvalue weighted by molar-refractivity contribution is 5.37. The van der Waals surface area contributed by atoms with Gasteiger partial charge in [0.15, 0.2) is 5.75 Å². The van der Waals surface area contributed by atoms with E-state index in [-0.39, 0.29) is 5.75 Å². The molecule has 4 heteroatoms. The molecule has 0 fully saturated rings. The maximum Gasteiger partial charge on any atom is 0.223 e. The predicted octanol–water partition coefficient (Wildman–Crippen LogP) is 0.770. The van der Waals surface area contributed by atoms with Gasteiger partial charge in [0.25, 0.3) is 0 Å². The van der Waals surface area contributed by atoms with Crippen LogP contribution in [0.3, 0.4) is 0 Å². The second kappa shape index (κ2) is 3.80. The average molecular weight is 182 g/mol. The molecule has 4 nitrogen and oxygen atoms in total. The summed E-state index contributed by atoms with van der Waals surface area (Å²) in [5.74, 6) is 0.360. The van der Waals surface area contributed by atoms with E-state index in [1.165, 1.54) is 32.4 Å². The average Bonchev–Trinajstić information content (AvgIpc) is 2.27. The molecule has 0 radical (unpaired) electrons. The topological polar surface area (TPSA) is 55.8 Å². The number of hydrogen-bond acceptors (Lipinski definition) is 4. The van der Waals surface area contributed by atoms with E-state index in [1.807, 2.05) is 0 Å². The van der Waals surface area contributed by atoms with Gasteiger partial charge in [0.05, 0.1) is 14.2 Å². The summed E-state index contributed by atoms with van der Waals surface area (Å²) in [7, 11) is 2.88. The van der Waals surface area contributed by atoms with Crippen molar-refractivity contribution in [3.63, 3.8) is 0 Å². The highest BCUT2D eigenvalue weighted by Gasteiger charge is 2.00. The van der Waals surface area contributed by atoms with E-state index in [0.717, 1.165) is 0 Å². The van der Waals surface area contributed by atoms with Crippen LogP contribution in [0.1, 0.15) is 0 Å². The Morgan fingerprint density at radius 1 is 1.08 bits per heavy atom. The van der Waals surface area contributed by atoms with Crippen LogP contribution < -0.4 is 14.9 Å². The molecular formula is C9H10O4. The summed E-state index contributed by atoms with van der Waals surface area (Å²) in [6.45, 7) is 0. The third kappa shape index (κ3) is 2.11. The molecule has 0 atom stereocenters. The smallest absolute Gasteiger partial charge is 0.223 e. The summed E-state index contributed by atoms with van der Waals surface area (Å²) in [6, 6.07) is 3.95. The summed E-state index contributed by atoms with van der Waals surface area (Å²) >= 11 is 0. The van der Waals surface area contributed by atoms with E-state index in [9.17, 15) is 4.79 Å². The first-order chi connectivity index (χ1) is 6.17. The van der Waals surface area contributed by atoms with E-state index in [2.05, 4.69) is 0 Å². The number of methoxy groups -OCH3 is 2. The Bertz CT molecular complexity index is 359. The molecule has 0 aliphatic carbocycles. The van der Waals surface area contributed by atoms with Gasteiger partial charge >= 0.3 is 0 Å². The molecule has 1 N–H and O–H groups in total. The molecule has 1 aromatic carbocycles. The highest BCUT2D eigenvalue weighted by atomic mass is 16.5. The lowest BCUT2D eigenvalue weighted by Crippen LogP contribution is -1.93. The van der Waals surface area contributed by atoms with Crippen LogP contribution in [0.15, 0.2) is 23.0 Å². The van der Waals surface area contributed by atoms with Crippen molar-refractivity contribution in [2.24, 2.45) is 0 Å². The Balaban J connectivity index is 3.40. The van der Waals surface area contributed by atoms with Crippen LogP contribution in [0.2, 0.25) is 0 Å². The van der Waals surface area contributed by atoms with Crippen LogP contribution in [0.25, 0.3) is 0 Å². The Hall–Kier alpha value is -1.71. The standard InChI is InChI=1S/C9H10O4/c1-12-6-3-7(13-2)5-9(11)8(10)4-6/h3-5H,1-2H3,(H,10,11). The molecule has 0 aliphatic rings. The minimum absolute atomic E-state index is 0.349. The number of aromatic hydroxyl groups is 1. The maximum atomic E-state index is 11.1. The SMILES string of the molecule is COc1cc(OC)cc(=O)c(O)c1. The van der Waals surface area contributed by atoms with Gasteiger partial charge in [-0.3, -0.25) is 4.79 Å². The largest absolute Gasteiger partial charge is 0.504 e. The highest BCUT2D eigenvalue weighted by Crippen LogP contribution is 2.18. The van der Waals surface area contributed by atoms with E-state index in [1.54, 1.807) is 0 Å². The molecule has 0 aromatic heterocycles. The molecular weight excluding hydrogens is 172 g/mol. The number of hydrogen-bond donors (Lipinski definition) is 1. The van der Waals surface area contributed by atoms with E-state index >= 15 is 0 Å². The maximum absolute atomic E-state index is 11.1. The van der Waals surface area contributed by atoms with E-state index in [4.69, 9.17) is 14.6 Å². The number of rotatable bonds is 2. The summed E-state index contributed by atoms with van der Waals surface area (Å²) in [6.07, 6.45) is 0. The zero-order valence-electron chi connectivity index (χ0n) is 7.40. The summed E-state index contributed by atoms with van der Waals surface area (Å²) in [5.41, 5.74) is -0.500. The van der Waals surface area contributed by atoms with Crippen LogP contribution in [-0.4, -0.2) is 19.3 Å². The van der Waals surface area contributed by atoms with Crippen LogP contribution in [0.4, 0.5) is 0 Å². The van der Waals surface area contributed by atoms with Gasteiger partial charge in [-0.05, 0) is 0 Å². The van der Waals surface area contributed by atoms with Gasteiger partial charge in [0.2, 0.25) is 5.43 Å². The van der Waals surface area contributed by atoms with Crippen molar-refractivity contribution >= 4 is 0 Å². The second-order valence-electron chi connectivity index (χ2n) is 2.40. The van der Waals surface area contributed by atoms with Gasteiger partial charge in [0.1, 0.15) is 11.5 Å². The van der Waals surface area contributed by atoms with Crippen molar-refractivity contribution in [3.8, 4) is 17.2 Å². The van der Waals surface area contributed by atoms with Gasteiger partial charge in [-0.1, -0.05) is 0 Å². The first-order valence-electron chi connectivity index (χ1n) is 3.63. The molecule has 1 aromatic rings. The minimum atomic E-state index is -0.500. The molecule has 0 spiro atoms. The Kier molecular flexibility index (Phi) is 2.74. The third-order valence-electron chi connectivity index (χ3n) is 1.56. The van der Waals surface area contributed by atoms with Crippen LogP contribution >= 0.6 is 0 Å². The van der Waals surface area contributed by atoms with Gasteiger partial charge in [-0.15, -0.1) is 0 Å². The molecule has 0 saturated carbocycles. The molecule has 0 aliphatic heterocycles. The second-order valence-corrected chi connectivity index (χ2v) is 2.40. The van der Waals surface area contributed by atoms with Gasteiger partial charge in [-0.25, -0.2) is 0 Å². The zero-order valence-corrected chi connectivity index (χ0v) is 7.40. The fourth-order valence-corrected chi connectivity index (χ4v) is 0.868. The van der Waals surface area contributed by atoms with Crippen molar-refractivity contribution < 1.29 is 14.6 Å². The molecule has 13 heavy (non-hydrogen) atoms. The minimum Gasteiger partial charge on any atom is -0.504 e. The first-order valence-corrected chi connectivity index (χ1v) is 3.63. The Morgan fingerprint density at radius 2 is 1.62 bits per heavy atom. The molecule has 0 heterocycles. The molecule has 70 valence electrons. The van der Waals surface area contributed by atoms with Crippen molar-refractivity contribution in [3.05, 3.63) is 28.4 Å². The lowest BCUT2D eigenvalue weighted by molar-refractivity contribution is 0.395. The van der Waals surface area contributed by atoms with Crippen LogP contribution in [-0.2, 0) is 0 Å². The van der Waals surface area contributed by atoms with E-state index in [0.29, 0.717) is 11.5 Å². The van der Waals surface area contributed by atoms with Gasteiger partial charge in [-0.2, -0.15) is 0 Å². The van der Waals surface area contributed by atoms with Crippen molar-refractivity contribution in [1.82, 2.24) is 0 Å². The quantitative estimate of drug-likeness (QED) is 0.734. The van der Waals surface area contributed by atoms with E-state index < -0.39 is 5.43 Å². The summed E-state index contributed by atoms with van der Waals surface area (Å²) in [5, 5.41) is 9.16. The summed E-state index contributed by atoms with van der Waals surface area (Å²) in [4.78, 5) is 11.1. The first kappa shape index (κ1) is 9.38. The Morgan fingerprint density at radius 3 is 2.15 bits per heavy atom. The van der Waals surface area contributed by atoms with Crippen LogP contribution in [0, 0.1) is 0 Å². The lowest BCUT2D eigenvalue weighted by atomic mass is 10.4. The third-order valence-corrected chi connectivity index (χ3v) is 1.56. The van der Waals surface area contributed by atoms with Crippen molar-refractivity contribution in [1.29, 1.82) is 0 Å². The van der Waals surface area contributed by atoms with Crippen molar-refractivity contribution in [2.45, 2.75) is 0 Å². The number of ether oxygens (including phenoxy) is 2. The van der Waals surface area contributed by atoms with Gasteiger partial charge in [0, 0.05) is 18.2 Å². The lowest BCUT2D eigenvalue weighted by Gasteiger charge is -1.96. The normalized spacial score (nSPS) is 9.38. The molecule has 0 unspecified atom stereocenters. The van der Waals surface area contributed by atoms with Crippen molar-refractivity contribution in [2.75, 3.05) is 14.2 Å². The monoisotopic (exact) mass is 182 g/mol. The van der Waals surface area contributed by atoms with Gasteiger partial charge < -0.3 is 14.6 Å². The molecule has 1 rings (SSSR count). The fraction of sp³-hybridized carbons (Fsp3) is 0.222. The summed E-state index contributed by atoms with van der Waals surface area (Å²) < 4.78 is 9.74. The van der Waals surface area contributed by atoms with Crippen LogP contribution in [0.5, 0.6) is 17.2 Å². The fourth-order valence-electron chi connectivity index (χ4n) is 0.868. The molecule has 0 saturated heterocycles. The molecule has 0 amide bonds.